The molecule has 0 atom stereocenters. The van der Waals surface area contributed by atoms with Crippen LogP contribution in [0.2, 0.25) is 0 Å². The fourth-order valence-corrected chi connectivity index (χ4v) is 2.93. The largest absolute Gasteiger partial charge is 0.485 e. The third-order valence-corrected chi connectivity index (χ3v) is 4.17. The molecule has 0 aliphatic rings. The first-order valence-corrected chi connectivity index (χ1v) is 9.25. The SMILES string of the molecule is CC(C)(N)Cc1cccc(OCc2ccccc2)c1OCc1ccccc1. The van der Waals surface area contributed by atoms with Crippen molar-refractivity contribution in [3.63, 3.8) is 0 Å². The number of benzene rings is 3. The van der Waals surface area contributed by atoms with E-state index in [4.69, 9.17) is 15.2 Å². The van der Waals surface area contributed by atoms with Crippen molar-refractivity contribution in [1.29, 1.82) is 0 Å². The van der Waals surface area contributed by atoms with E-state index in [1.54, 1.807) is 0 Å². The van der Waals surface area contributed by atoms with E-state index in [0.717, 1.165) is 28.2 Å². The van der Waals surface area contributed by atoms with Gasteiger partial charge in [0, 0.05) is 5.54 Å². The summed E-state index contributed by atoms with van der Waals surface area (Å²) in [6, 6.07) is 26.3. The van der Waals surface area contributed by atoms with Gasteiger partial charge in [-0.3, -0.25) is 0 Å². The molecule has 0 aromatic heterocycles. The highest BCUT2D eigenvalue weighted by atomic mass is 16.5. The number of nitrogens with two attached hydrogens (primary N) is 1. The van der Waals surface area contributed by atoms with Gasteiger partial charge < -0.3 is 15.2 Å². The molecular weight excluding hydrogens is 334 g/mol. The topological polar surface area (TPSA) is 44.5 Å². The lowest BCUT2D eigenvalue weighted by Gasteiger charge is -2.22. The Hall–Kier alpha value is -2.78. The summed E-state index contributed by atoms with van der Waals surface area (Å²) in [6.07, 6.45) is 0.708. The van der Waals surface area contributed by atoms with E-state index in [1.165, 1.54) is 0 Å². The van der Waals surface area contributed by atoms with E-state index in [1.807, 2.05) is 62.4 Å². The molecule has 0 fully saturated rings. The van der Waals surface area contributed by atoms with E-state index in [0.29, 0.717) is 19.6 Å². The Morgan fingerprint density at radius 3 is 1.81 bits per heavy atom. The van der Waals surface area contributed by atoms with E-state index < -0.39 is 0 Å². The molecule has 3 nitrogen and oxygen atoms in total. The summed E-state index contributed by atoms with van der Waals surface area (Å²) in [5.74, 6) is 1.52. The molecule has 140 valence electrons. The van der Waals surface area contributed by atoms with Gasteiger partial charge in [-0.2, -0.15) is 0 Å². The predicted octanol–water partition coefficient (Wildman–Crippen LogP) is 5.12. The molecule has 3 heteroatoms. The lowest BCUT2D eigenvalue weighted by molar-refractivity contribution is 0.252. The summed E-state index contributed by atoms with van der Waals surface area (Å²) in [5.41, 5.74) is 9.23. The van der Waals surface area contributed by atoms with Crippen LogP contribution in [-0.2, 0) is 19.6 Å². The van der Waals surface area contributed by atoms with Crippen LogP contribution in [0.4, 0.5) is 0 Å². The average molecular weight is 361 g/mol. The lowest BCUT2D eigenvalue weighted by atomic mass is 9.95. The zero-order chi connectivity index (χ0) is 19.1. The number of ether oxygens (including phenoxy) is 2. The van der Waals surface area contributed by atoms with Gasteiger partial charge in [0.1, 0.15) is 13.2 Å². The van der Waals surface area contributed by atoms with Crippen molar-refractivity contribution in [3.05, 3.63) is 95.6 Å². The third kappa shape index (κ3) is 5.87. The van der Waals surface area contributed by atoms with Gasteiger partial charge in [0.15, 0.2) is 11.5 Å². The van der Waals surface area contributed by atoms with Gasteiger partial charge in [-0.15, -0.1) is 0 Å². The fraction of sp³-hybridized carbons (Fsp3) is 0.250. The summed E-state index contributed by atoms with van der Waals surface area (Å²) in [4.78, 5) is 0. The first-order chi connectivity index (χ1) is 13.0. The number of para-hydroxylation sites is 1. The summed E-state index contributed by atoms with van der Waals surface area (Å²) in [7, 11) is 0. The van der Waals surface area contributed by atoms with Crippen LogP contribution in [0.3, 0.4) is 0 Å². The van der Waals surface area contributed by atoms with E-state index in [9.17, 15) is 0 Å². The summed E-state index contributed by atoms with van der Waals surface area (Å²) in [6.45, 7) is 5.03. The van der Waals surface area contributed by atoms with Crippen LogP contribution < -0.4 is 15.2 Å². The van der Waals surface area contributed by atoms with Crippen molar-refractivity contribution in [2.24, 2.45) is 5.73 Å². The van der Waals surface area contributed by atoms with Crippen molar-refractivity contribution in [1.82, 2.24) is 0 Å². The molecule has 0 bridgehead atoms. The van der Waals surface area contributed by atoms with Gasteiger partial charge >= 0.3 is 0 Å². The number of hydrogen-bond donors (Lipinski definition) is 1. The molecule has 3 rings (SSSR count). The highest BCUT2D eigenvalue weighted by molar-refractivity contribution is 5.47. The minimum absolute atomic E-state index is 0.330. The maximum Gasteiger partial charge on any atom is 0.164 e. The molecule has 0 aliphatic heterocycles. The van der Waals surface area contributed by atoms with Crippen molar-refractivity contribution >= 4 is 0 Å². The Kier molecular flexibility index (Phi) is 6.15. The predicted molar refractivity (Wildman–Crippen MR) is 110 cm³/mol. The molecule has 27 heavy (non-hydrogen) atoms. The van der Waals surface area contributed by atoms with Gasteiger partial charge in [0.25, 0.3) is 0 Å². The van der Waals surface area contributed by atoms with Crippen molar-refractivity contribution in [3.8, 4) is 11.5 Å². The fourth-order valence-electron chi connectivity index (χ4n) is 2.93. The van der Waals surface area contributed by atoms with Gasteiger partial charge in [-0.25, -0.2) is 0 Å². The quantitative estimate of drug-likeness (QED) is 0.605. The van der Waals surface area contributed by atoms with Gasteiger partial charge in [-0.1, -0.05) is 72.8 Å². The van der Waals surface area contributed by atoms with Gasteiger partial charge in [0.05, 0.1) is 0 Å². The lowest BCUT2D eigenvalue weighted by Crippen LogP contribution is -2.34. The molecule has 2 N–H and O–H groups in total. The Morgan fingerprint density at radius 1 is 0.704 bits per heavy atom. The minimum atomic E-state index is -0.330. The second kappa shape index (κ2) is 8.74. The molecule has 0 aliphatic carbocycles. The maximum absolute atomic E-state index is 6.26. The smallest absolute Gasteiger partial charge is 0.164 e. The zero-order valence-electron chi connectivity index (χ0n) is 16.0. The Bertz CT molecular complexity index is 839. The van der Waals surface area contributed by atoms with Crippen molar-refractivity contribution in [2.75, 3.05) is 0 Å². The highest BCUT2D eigenvalue weighted by Gasteiger charge is 2.18. The van der Waals surface area contributed by atoms with Crippen LogP contribution >= 0.6 is 0 Å². The first kappa shape index (κ1) is 19.0. The van der Waals surface area contributed by atoms with E-state index >= 15 is 0 Å². The summed E-state index contributed by atoms with van der Waals surface area (Å²) in [5, 5.41) is 0. The van der Waals surface area contributed by atoms with Crippen LogP contribution in [0.1, 0.15) is 30.5 Å². The zero-order valence-corrected chi connectivity index (χ0v) is 16.0. The Morgan fingerprint density at radius 2 is 1.26 bits per heavy atom. The van der Waals surface area contributed by atoms with Crippen molar-refractivity contribution < 1.29 is 9.47 Å². The highest BCUT2D eigenvalue weighted by Crippen LogP contribution is 2.34. The monoisotopic (exact) mass is 361 g/mol. The van der Waals surface area contributed by atoms with Gasteiger partial charge in [-0.05, 0) is 43.0 Å². The second-order valence-electron chi connectivity index (χ2n) is 7.46. The molecule has 0 saturated heterocycles. The van der Waals surface area contributed by atoms with E-state index in [-0.39, 0.29) is 5.54 Å². The molecule has 0 heterocycles. The molecular formula is C24H27NO2. The maximum atomic E-state index is 6.26. The van der Waals surface area contributed by atoms with Crippen LogP contribution in [0.25, 0.3) is 0 Å². The van der Waals surface area contributed by atoms with Gasteiger partial charge in [0.2, 0.25) is 0 Å². The van der Waals surface area contributed by atoms with Crippen molar-refractivity contribution in [2.45, 2.75) is 39.0 Å². The first-order valence-electron chi connectivity index (χ1n) is 9.25. The minimum Gasteiger partial charge on any atom is -0.485 e. The molecule has 3 aromatic carbocycles. The number of hydrogen-bond acceptors (Lipinski definition) is 3. The average Bonchev–Trinajstić information content (AvgIpc) is 2.66. The molecule has 0 unspecified atom stereocenters. The Labute approximate surface area is 161 Å². The summed E-state index contributed by atoms with van der Waals surface area (Å²) < 4.78 is 12.3. The second-order valence-corrected chi connectivity index (χ2v) is 7.46. The molecule has 0 amide bonds. The third-order valence-electron chi connectivity index (χ3n) is 4.17. The molecule has 0 spiro atoms. The van der Waals surface area contributed by atoms with Crippen LogP contribution in [0.5, 0.6) is 11.5 Å². The van der Waals surface area contributed by atoms with Crippen LogP contribution in [0, 0.1) is 0 Å². The molecule has 0 radical (unpaired) electrons. The molecule has 0 saturated carbocycles. The standard InChI is InChI=1S/C24H27NO2/c1-24(2,25)16-21-14-9-15-22(26-17-19-10-5-3-6-11-19)23(21)27-18-20-12-7-4-8-13-20/h3-15H,16-18,25H2,1-2H3. The Balaban J connectivity index is 1.83. The van der Waals surface area contributed by atoms with Crippen LogP contribution in [-0.4, -0.2) is 5.54 Å². The normalized spacial score (nSPS) is 11.2. The number of rotatable bonds is 8. The van der Waals surface area contributed by atoms with E-state index in [2.05, 4.69) is 30.3 Å². The summed E-state index contributed by atoms with van der Waals surface area (Å²) >= 11 is 0. The molecule has 3 aromatic rings. The van der Waals surface area contributed by atoms with Crippen LogP contribution in [0.15, 0.2) is 78.9 Å².